The SMILES string of the molecule is CNC(=O)c1c(-c2ccc(Oc3ccc(F)cc3)cc2)oc2cc3c(cc12)C(C)OC(COC(=O)C(C)N)CN3S(C)(=O)=O. The number of rotatable bonds is 8. The fraction of sp³-hybridized carbons (Fsp3) is 0.290. The number of nitrogens with two attached hydrogens (primary N) is 1. The third kappa shape index (κ3) is 6.39. The van der Waals surface area contributed by atoms with E-state index in [0.29, 0.717) is 33.7 Å². The molecule has 5 rings (SSSR count). The minimum Gasteiger partial charge on any atom is -0.462 e. The van der Waals surface area contributed by atoms with Gasteiger partial charge in [-0.1, -0.05) is 0 Å². The molecule has 44 heavy (non-hydrogen) atoms. The topological polar surface area (TPSA) is 150 Å². The van der Waals surface area contributed by atoms with Gasteiger partial charge in [-0.15, -0.1) is 0 Å². The number of hydrogen-bond donors (Lipinski definition) is 2. The van der Waals surface area contributed by atoms with Gasteiger partial charge in [-0.05, 0) is 68.4 Å². The zero-order valence-corrected chi connectivity index (χ0v) is 25.3. The van der Waals surface area contributed by atoms with E-state index in [1.165, 1.54) is 42.5 Å². The molecule has 1 aliphatic rings. The Labute approximate surface area is 253 Å². The Morgan fingerprint density at radius 2 is 1.75 bits per heavy atom. The molecule has 3 aromatic carbocycles. The highest BCUT2D eigenvalue weighted by Crippen LogP contribution is 2.42. The van der Waals surface area contributed by atoms with Crippen LogP contribution in [-0.2, 0) is 24.3 Å². The molecule has 3 unspecified atom stereocenters. The van der Waals surface area contributed by atoms with Gasteiger partial charge in [0.05, 0.1) is 30.2 Å². The van der Waals surface area contributed by atoms with Crippen molar-refractivity contribution in [2.75, 3.05) is 30.8 Å². The number of nitrogens with one attached hydrogen (secondary N) is 1. The normalized spacial score (nSPS) is 17.5. The fourth-order valence-corrected chi connectivity index (χ4v) is 5.91. The summed E-state index contributed by atoms with van der Waals surface area (Å²) in [4.78, 5) is 25.2. The number of carbonyl (C=O) groups excluding carboxylic acids is 2. The molecule has 2 heterocycles. The van der Waals surface area contributed by atoms with Crippen molar-refractivity contribution in [3.63, 3.8) is 0 Å². The van der Waals surface area contributed by atoms with Gasteiger partial charge in [0.25, 0.3) is 5.91 Å². The molecule has 0 radical (unpaired) electrons. The molecule has 11 nitrogen and oxygen atoms in total. The van der Waals surface area contributed by atoms with Crippen molar-refractivity contribution in [1.82, 2.24) is 5.32 Å². The molecule has 0 saturated carbocycles. The monoisotopic (exact) mass is 625 g/mol. The third-order valence-electron chi connectivity index (χ3n) is 7.11. The van der Waals surface area contributed by atoms with Crippen LogP contribution >= 0.6 is 0 Å². The van der Waals surface area contributed by atoms with E-state index in [4.69, 9.17) is 24.4 Å². The maximum atomic E-state index is 13.2. The van der Waals surface area contributed by atoms with Crippen LogP contribution in [0, 0.1) is 5.82 Å². The second-order valence-electron chi connectivity index (χ2n) is 10.5. The molecule has 0 spiro atoms. The highest BCUT2D eigenvalue weighted by atomic mass is 32.2. The summed E-state index contributed by atoms with van der Waals surface area (Å²) in [6.45, 7) is 2.91. The zero-order chi connectivity index (χ0) is 31.8. The number of furan rings is 1. The van der Waals surface area contributed by atoms with Crippen LogP contribution in [0.25, 0.3) is 22.3 Å². The molecule has 1 amide bonds. The maximum Gasteiger partial charge on any atom is 0.322 e. The van der Waals surface area contributed by atoms with Gasteiger partial charge in [0.2, 0.25) is 10.0 Å². The van der Waals surface area contributed by atoms with E-state index in [1.807, 2.05) is 0 Å². The number of halogens is 1. The smallest absolute Gasteiger partial charge is 0.322 e. The number of esters is 1. The number of anilines is 1. The molecule has 232 valence electrons. The van der Waals surface area contributed by atoms with E-state index < -0.39 is 40.1 Å². The van der Waals surface area contributed by atoms with Crippen molar-refractivity contribution in [3.05, 3.63) is 77.6 Å². The highest BCUT2D eigenvalue weighted by molar-refractivity contribution is 7.92. The number of amides is 1. The van der Waals surface area contributed by atoms with Crippen molar-refractivity contribution >= 4 is 38.6 Å². The molecule has 3 N–H and O–H groups in total. The molecule has 3 atom stereocenters. The Morgan fingerprint density at radius 1 is 1.11 bits per heavy atom. The average molecular weight is 626 g/mol. The Balaban J connectivity index is 1.55. The predicted octanol–water partition coefficient (Wildman–Crippen LogP) is 4.51. The largest absolute Gasteiger partial charge is 0.462 e. The quantitative estimate of drug-likeness (QED) is 0.270. The number of sulfonamides is 1. The van der Waals surface area contributed by atoms with E-state index in [1.54, 1.807) is 43.3 Å². The van der Waals surface area contributed by atoms with Crippen LogP contribution in [0.1, 0.15) is 35.9 Å². The first-order valence-corrected chi connectivity index (χ1v) is 15.6. The summed E-state index contributed by atoms with van der Waals surface area (Å²) >= 11 is 0. The number of benzene rings is 3. The lowest BCUT2D eigenvalue weighted by atomic mass is 10.0. The number of carbonyl (C=O) groups is 2. The lowest BCUT2D eigenvalue weighted by Crippen LogP contribution is -2.40. The second kappa shape index (κ2) is 12.3. The Bertz CT molecular complexity index is 1800. The summed E-state index contributed by atoms with van der Waals surface area (Å²) in [5, 5.41) is 3.10. The molecule has 0 bridgehead atoms. The van der Waals surface area contributed by atoms with Crippen LogP contribution in [0.4, 0.5) is 10.1 Å². The van der Waals surface area contributed by atoms with Gasteiger partial charge in [-0.3, -0.25) is 13.9 Å². The Hall–Kier alpha value is -4.46. The lowest BCUT2D eigenvalue weighted by molar-refractivity contribution is -0.150. The van der Waals surface area contributed by atoms with Gasteiger partial charge in [-0.2, -0.15) is 0 Å². The van der Waals surface area contributed by atoms with Crippen molar-refractivity contribution in [3.8, 4) is 22.8 Å². The standard InChI is InChI=1S/C31H32FN3O8S/c1-17(33)31(37)40-16-23-15-35(44(4,38)39)26-14-27-25(13-24(26)18(2)41-23)28(30(36)34-3)29(43-27)19-5-9-21(10-6-19)42-22-11-7-20(32)8-12-22/h5-14,17-18,23H,15-16,33H2,1-4H3,(H,34,36). The molecule has 0 aliphatic carbocycles. The summed E-state index contributed by atoms with van der Waals surface area (Å²) in [6.07, 6.45) is -0.356. The first-order chi connectivity index (χ1) is 20.8. The molecule has 1 aliphatic heterocycles. The summed E-state index contributed by atoms with van der Waals surface area (Å²) in [7, 11) is -2.32. The van der Waals surface area contributed by atoms with E-state index in [-0.39, 0.29) is 35.9 Å². The summed E-state index contributed by atoms with van der Waals surface area (Å²) in [6, 6.07) is 14.8. The van der Waals surface area contributed by atoms with E-state index in [0.717, 1.165) is 6.26 Å². The number of hydrogen-bond acceptors (Lipinski definition) is 9. The van der Waals surface area contributed by atoms with E-state index in [2.05, 4.69) is 5.32 Å². The van der Waals surface area contributed by atoms with Gasteiger partial charge in [0, 0.05) is 29.6 Å². The average Bonchev–Trinajstić information content (AvgIpc) is 3.29. The van der Waals surface area contributed by atoms with Crippen LogP contribution in [0.5, 0.6) is 11.5 Å². The molecule has 0 fully saturated rings. The minimum absolute atomic E-state index is 0.126. The van der Waals surface area contributed by atoms with Crippen molar-refractivity contribution in [2.45, 2.75) is 32.1 Å². The summed E-state index contributed by atoms with van der Waals surface area (Å²) in [5.41, 5.74) is 7.52. The molecular weight excluding hydrogens is 593 g/mol. The second-order valence-corrected chi connectivity index (χ2v) is 12.4. The molecule has 1 aromatic heterocycles. The third-order valence-corrected chi connectivity index (χ3v) is 8.26. The first-order valence-electron chi connectivity index (χ1n) is 13.8. The molecular formula is C31H32FN3O8S. The van der Waals surface area contributed by atoms with Crippen LogP contribution in [0.15, 0.2) is 65.1 Å². The fourth-order valence-electron chi connectivity index (χ4n) is 4.96. The van der Waals surface area contributed by atoms with Gasteiger partial charge in [-0.25, -0.2) is 12.8 Å². The van der Waals surface area contributed by atoms with Gasteiger partial charge >= 0.3 is 5.97 Å². The van der Waals surface area contributed by atoms with E-state index >= 15 is 0 Å². The number of ether oxygens (including phenoxy) is 3. The maximum absolute atomic E-state index is 13.2. The van der Waals surface area contributed by atoms with Crippen molar-refractivity contribution in [1.29, 1.82) is 0 Å². The Kier molecular flexibility index (Phi) is 8.64. The predicted molar refractivity (Wildman–Crippen MR) is 162 cm³/mol. The molecule has 13 heteroatoms. The highest BCUT2D eigenvalue weighted by Gasteiger charge is 2.34. The Morgan fingerprint density at radius 3 is 2.34 bits per heavy atom. The van der Waals surface area contributed by atoms with Crippen LogP contribution in [0.3, 0.4) is 0 Å². The zero-order valence-electron chi connectivity index (χ0n) is 24.5. The summed E-state index contributed by atoms with van der Waals surface area (Å²) in [5.74, 6) is -0.206. The van der Waals surface area contributed by atoms with Crippen molar-refractivity contribution in [2.24, 2.45) is 5.73 Å². The van der Waals surface area contributed by atoms with Crippen LogP contribution < -0.4 is 20.1 Å². The van der Waals surface area contributed by atoms with Gasteiger partial charge in [0.1, 0.15) is 47.4 Å². The van der Waals surface area contributed by atoms with E-state index in [9.17, 15) is 22.4 Å². The van der Waals surface area contributed by atoms with Crippen LogP contribution in [0.2, 0.25) is 0 Å². The molecule has 4 aromatic rings. The molecule has 0 saturated heterocycles. The van der Waals surface area contributed by atoms with Crippen molar-refractivity contribution < 1.29 is 41.0 Å². The van der Waals surface area contributed by atoms with Crippen LogP contribution in [-0.4, -0.2) is 58.9 Å². The number of fused-ring (bicyclic) bond motifs is 2. The minimum atomic E-state index is -3.82. The van der Waals surface area contributed by atoms with Gasteiger partial charge in [0.15, 0.2) is 0 Å². The number of nitrogens with zero attached hydrogens (tertiary/aromatic N) is 1. The summed E-state index contributed by atoms with van der Waals surface area (Å²) < 4.78 is 63.8. The van der Waals surface area contributed by atoms with Gasteiger partial charge < -0.3 is 29.7 Å². The first kappa shape index (κ1) is 31.0. The lowest BCUT2D eigenvalue weighted by Gasteiger charge is -2.25.